The summed E-state index contributed by atoms with van der Waals surface area (Å²) in [6.45, 7) is 1.97. The second-order valence-electron chi connectivity index (χ2n) is 4.83. The Bertz CT molecular complexity index is 584. The number of rotatable bonds is 4. The Morgan fingerprint density at radius 2 is 2.00 bits per heavy atom. The molecule has 2 aromatic rings. The lowest BCUT2D eigenvalue weighted by atomic mass is 10.1. The van der Waals surface area contributed by atoms with Gasteiger partial charge in [-0.25, -0.2) is 9.37 Å². The number of benzene rings is 1. The first-order valence-electron chi connectivity index (χ1n) is 6.32. The van der Waals surface area contributed by atoms with Gasteiger partial charge >= 0.3 is 0 Å². The van der Waals surface area contributed by atoms with Gasteiger partial charge in [-0.05, 0) is 36.8 Å². The molecule has 1 aromatic carbocycles. The highest BCUT2D eigenvalue weighted by Crippen LogP contribution is 2.26. The van der Waals surface area contributed by atoms with Gasteiger partial charge in [-0.15, -0.1) is 0 Å². The molecule has 106 valence electrons. The van der Waals surface area contributed by atoms with E-state index in [9.17, 15) is 4.39 Å². The average molecular weight is 294 g/mol. The summed E-state index contributed by atoms with van der Waals surface area (Å²) in [6.07, 6.45) is 1.77. The van der Waals surface area contributed by atoms with Crippen LogP contribution in [0.15, 0.2) is 36.5 Å². The van der Waals surface area contributed by atoms with Crippen LogP contribution in [0, 0.1) is 5.82 Å². The third-order valence-electron chi connectivity index (χ3n) is 3.02. The number of hydrogen-bond acceptors (Lipinski definition) is 3. The fourth-order valence-electron chi connectivity index (χ4n) is 1.92. The topological polar surface area (TPSA) is 28.2 Å². The van der Waals surface area contributed by atoms with Crippen molar-refractivity contribution in [1.29, 1.82) is 0 Å². The Hall–Kier alpha value is -1.81. The minimum Gasteiger partial charge on any atom is -0.377 e. The first kappa shape index (κ1) is 14.6. The number of aromatic nitrogens is 1. The number of hydrogen-bond donors (Lipinski definition) is 1. The van der Waals surface area contributed by atoms with Gasteiger partial charge in [0.2, 0.25) is 0 Å². The number of halogens is 2. The SMILES string of the molecule is CC(Nc1ccc(N(C)C)nc1)c1ccc(F)cc1Cl. The molecule has 0 amide bonds. The zero-order valence-corrected chi connectivity index (χ0v) is 12.4. The van der Waals surface area contributed by atoms with Crippen molar-refractivity contribution < 1.29 is 4.39 Å². The molecule has 0 spiro atoms. The van der Waals surface area contributed by atoms with Crippen LogP contribution in [0.25, 0.3) is 0 Å². The van der Waals surface area contributed by atoms with Crippen LogP contribution in [0.2, 0.25) is 5.02 Å². The van der Waals surface area contributed by atoms with E-state index in [-0.39, 0.29) is 11.9 Å². The number of pyridine rings is 1. The Balaban J connectivity index is 2.12. The molecule has 0 radical (unpaired) electrons. The largest absolute Gasteiger partial charge is 0.377 e. The van der Waals surface area contributed by atoms with Crippen molar-refractivity contribution in [3.63, 3.8) is 0 Å². The predicted molar refractivity (Wildman–Crippen MR) is 82.0 cm³/mol. The van der Waals surface area contributed by atoms with Gasteiger partial charge in [0, 0.05) is 19.1 Å². The van der Waals surface area contributed by atoms with Crippen LogP contribution >= 0.6 is 11.6 Å². The van der Waals surface area contributed by atoms with E-state index in [1.54, 1.807) is 12.3 Å². The Kier molecular flexibility index (Phi) is 4.45. The van der Waals surface area contributed by atoms with Gasteiger partial charge in [0.15, 0.2) is 0 Å². The molecule has 1 N–H and O–H groups in total. The second-order valence-corrected chi connectivity index (χ2v) is 5.24. The lowest BCUT2D eigenvalue weighted by Crippen LogP contribution is -2.11. The van der Waals surface area contributed by atoms with Gasteiger partial charge < -0.3 is 10.2 Å². The zero-order chi connectivity index (χ0) is 14.7. The fraction of sp³-hybridized carbons (Fsp3) is 0.267. The molecule has 5 heteroatoms. The highest BCUT2D eigenvalue weighted by atomic mass is 35.5. The molecule has 0 aliphatic rings. The molecule has 1 heterocycles. The summed E-state index contributed by atoms with van der Waals surface area (Å²) in [7, 11) is 3.88. The van der Waals surface area contributed by atoms with E-state index >= 15 is 0 Å². The predicted octanol–water partition coefficient (Wildman–Crippen LogP) is 4.11. The van der Waals surface area contributed by atoms with Gasteiger partial charge in [-0.2, -0.15) is 0 Å². The molecule has 1 atom stereocenters. The minimum atomic E-state index is -0.331. The first-order valence-corrected chi connectivity index (χ1v) is 6.70. The molecule has 0 aliphatic heterocycles. The van der Waals surface area contributed by atoms with Gasteiger partial charge in [0.1, 0.15) is 11.6 Å². The monoisotopic (exact) mass is 293 g/mol. The summed E-state index contributed by atoms with van der Waals surface area (Å²) < 4.78 is 13.0. The molecule has 0 saturated heterocycles. The van der Waals surface area contributed by atoms with Crippen LogP contribution < -0.4 is 10.2 Å². The fourth-order valence-corrected chi connectivity index (χ4v) is 2.25. The molecule has 1 aromatic heterocycles. The normalized spacial score (nSPS) is 12.1. The Morgan fingerprint density at radius 1 is 1.25 bits per heavy atom. The van der Waals surface area contributed by atoms with Crippen molar-refractivity contribution >= 4 is 23.1 Å². The van der Waals surface area contributed by atoms with Gasteiger partial charge in [-0.1, -0.05) is 17.7 Å². The quantitative estimate of drug-likeness (QED) is 0.919. The van der Waals surface area contributed by atoms with Crippen LogP contribution in [-0.2, 0) is 0 Å². The van der Waals surface area contributed by atoms with E-state index in [0.29, 0.717) is 5.02 Å². The smallest absolute Gasteiger partial charge is 0.128 e. The van der Waals surface area contributed by atoms with Crippen LogP contribution in [0.5, 0.6) is 0 Å². The van der Waals surface area contributed by atoms with E-state index in [0.717, 1.165) is 17.1 Å². The maximum atomic E-state index is 13.0. The number of anilines is 2. The Labute approximate surface area is 123 Å². The molecule has 0 saturated carbocycles. The van der Waals surface area contributed by atoms with Crippen LogP contribution in [0.4, 0.5) is 15.9 Å². The van der Waals surface area contributed by atoms with Crippen molar-refractivity contribution in [3.05, 3.63) is 52.9 Å². The maximum Gasteiger partial charge on any atom is 0.128 e. The summed E-state index contributed by atoms with van der Waals surface area (Å²) >= 11 is 6.06. The molecule has 20 heavy (non-hydrogen) atoms. The summed E-state index contributed by atoms with van der Waals surface area (Å²) in [4.78, 5) is 6.27. The summed E-state index contributed by atoms with van der Waals surface area (Å²) in [5.41, 5.74) is 1.74. The van der Waals surface area contributed by atoms with Crippen molar-refractivity contribution in [2.75, 3.05) is 24.3 Å². The summed E-state index contributed by atoms with van der Waals surface area (Å²) in [6, 6.07) is 8.28. The van der Waals surface area contributed by atoms with Crippen molar-refractivity contribution in [1.82, 2.24) is 4.98 Å². The van der Waals surface area contributed by atoms with Crippen molar-refractivity contribution in [2.24, 2.45) is 0 Å². The minimum absolute atomic E-state index is 0.0323. The van der Waals surface area contributed by atoms with Crippen LogP contribution in [0.3, 0.4) is 0 Å². The van der Waals surface area contributed by atoms with Crippen LogP contribution in [-0.4, -0.2) is 19.1 Å². The molecular formula is C15H17ClFN3. The molecular weight excluding hydrogens is 277 g/mol. The van der Waals surface area contributed by atoms with E-state index < -0.39 is 0 Å². The lowest BCUT2D eigenvalue weighted by molar-refractivity contribution is 0.626. The van der Waals surface area contributed by atoms with E-state index in [2.05, 4.69) is 10.3 Å². The Morgan fingerprint density at radius 3 is 2.55 bits per heavy atom. The molecule has 2 rings (SSSR count). The lowest BCUT2D eigenvalue weighted by Gasteiger charge is -2.18. The molecule has 0 fully saturated rings. The maximum absolute atomic E-state index is 13.0. The summed E-state index contributed by atoms with van der Waals surface area (Å²) in [5.74, 6) is 0.561. The van der Waals surface area contributed by atoms with Crippen molar-refractivity contribution in [2.45, 2.75) is 13.0 Å². The zero-order valence-electron chi connectivity index (χ0n) is 11.7. The second kappa shape index (κ2) is 6.09. The van der Waals surface area contributed by atoms with E-state index in [1.165, 1.54) is 12.1 Å². The third kappa shape index (κ3) is 3.39. The van der Waals surface area contributed by atoms with E-state index in [4.69, 9.17) is 11.6 Å². The standard InChI is InChI=1S/C15H17ClFN3/c1-10(13-6-4-11(17)8-14(13)16)19-12-5-7-15(18-9-12)20(2)3/h4-10,19H,1-3H3. The van der Waals surface area contributed by atoms with Gasteiger partial charge in [-0.3, -0.25) is 0 Å². The molecule has 0 aliphatic carbocycles. The van der Waals surface area contributed by atoms with Gasteiger partial charge in [0.05, 0.1) is 17.9 Å². The number of nitrogens with one attached hydrogen (secondary N) is 1. The average Bonchev–Trinajstić information content (AvgIpc) is 2.39. The molecule has 1 unspecified atom stereocenters. The molecule has 3 nitrogen and oxygen atoms in total. The van der Waals surface area contributed by atoms with E-state index in [1.807, 2.05) is 38.1 Å². The highest BCUT2D eigenvalue weighted by Gasteiger charge is 2.10. The first-order chi connectivity index (χ1) is 9.47. The van der Waals surface area contributed by atoms with Crippen molar-refractivity contribution in [3.8, 4) is 0 Å². The summed E-state index contributed by atoms with van der Waals surface area (Å²) in [5, 5.41) is 3.72. The van der Waals surface area contributed by atoms with Crippen LogP contribution in [0.1, 0.15) is 18.5 Å². The highest BCUT2D eigenvalue weighted by molar-refractivity contribution is 6.31. The van der Waals surface area contributed by atoms with Gasteiger partial charge in [0.25, 0.3) is 0 Å². The number of nitrogens with zero attached hydrogens (tertiary/aromatic N) is 2. The molecule has 0 bridgehead atoms. The third-order valence-corrected chi connectivity index (χ3v) is 3.35.